The molecule has 0 amide bonds. The summed E-state index contributed by atoms with van der Waals surface area (Å²) >= 11 is 0. The molecule has 1 aromatic carbocycles. The number of likely N-dealkylation sites (tertiary alicyclic amines) is 1. The number of hydrogen-bond donors (Lipinski definition) is 2. The van der Waals surface area contributed by atoms with Crippen molar-refractivity contribution in [1.29, 1.82) is 0 Å². The Kier molecular flexibility index (Phi) is 10.1. The normalized spacial score (nSPS) is 15.5. The van der Waals surface area contributed by atoms with Crippen LogP contribution in [0.15, 0.2) is 29.3 Å². The highest BCUT2D eigenvalue weighted by atomic mass is 127. The molecule has 0 bridgehead atoms. The summed E-state index contributed by atoms with van der Waals surface area (Å²) in [5.41, 5.74) is 4.62. The highest BCUT2D eigenvalue weighted by Crippen LogP contribution is 2.31. The van der Waals surface area contributed by atoms with E-state index < -0.39 is 0 Å². The van der Waals surface area contributed by atoms with Crippen LogP contribution in [0.5, 0.6) is 5.75 Å². The third-order valence-electron chi connectivity index (χ3n) is 5.94. The lowest BCUT2D eigenvalue weighted by Gasteiger charge is -2.30. The summed E-state index contributed by atoms with van der Waals surface area (Å²) < 4.78 is 7.59. The van der Waals surface area contributed by atoms with Gasteiger partial charge >= 0.3 is 0 Å². The van der Waals surface area contributed by atoms with Crippen molar-refractivity contribution < 1.29 is 4.74 Å². The predicted octanol–water partition coefficient (Wildman–Crippen LogP) is 3.56. The van der Waals surface area contributed by atoms with E-state index >= 15 is 0 Å². The monoisotopic (exact) mass is 540 g/mol. The number of para-hydroxylation sites is 1. The standard InChI is InChI=1S/C23H36N6O.HI/c1-6-24-23(25-15-20-17(2)27-28(4)18(20)3)26-16-21(29-13-9-10-14-29)19-11-7-8-12-22(19)30-5;/h7-8,11-12,21H,6,9-10,13-16H2,1-5H3,(H2,24,25,26);1H. The third-order valence-corrected chi connectivity index (χ3v) is 5.94. The van der Waals surface area contributed by atoms with Crippen LogP contribution in [0.3, 0.4) is 0 Å². The predicted molar refractivity (Wildman–Crippen MR) is 137 cm³/mol. The van der Waals surface area contributed by atoms with Gasteiger partial charge in [-0.1, -0.05) is 18.2 Å². The van der Waals surface area contributed by atoms with E-state index in [9.17, 15) is 0 Å². The highest BCUT2D eigenvalue weighted by Gasteiger charge is 2.26. The molecule has 1 aliphatic heterocycles. The molecule has 1 fully saturated rings. The lowest BCUT2D eigenvalue weighted by atomic mass is 10.0. The van der Waals surface area contributed by atoms with Crippen LogP contribution in [0, 0.1) is 13.8 Å². The van der Waals surface area contributed by atoms with Crippen LogP contribution >= 0.6 is 24.0 Å². The molecule has 0 radical (unpaired) electrons. The molecule has 172 valence electrons. The summed E-state index contributed by atoms with van der Waals surface area (Å²) in [6.07, 6.45) is 2.50. The molecule has 1 aliphatic rings. The van der Waals surface area contributed by atoms with Crippen LogP contribution in [-0.2, 0) is 13.6 Å². The van der Waals surface area contributed by atoms with Crippen LogP contribution in [0.1, 0.15) is 48.3 Å². The highest BCUT2D eigenvalue weighted by molar-refractivity contribution is 14.0. The minimum absolute atomic E-state index is 0. The lowest BCUT2D eigenvalue weighted by Crippen LogP contribution is -2.42. The number of nitrogens with zero attached hydrogens (tertiary/aromatic N) is 4. The number of guanidine groups is 1. The van der Waals surface area contributed by atoms with Crippen LogP contribution in [0.25, 0.3) is 0 Å². The van der Waals surface area contributed by atoms with E-state index in [0.717, 1.165) is 49.3 Å². The van der Waals surface area contributed by atoms with E-state index in [2.05, 4.69) is 46.6 Å². The SMILES string of the molecule is CCNC(=NCc1c(C)nn(C)c1C)NCC(c1ccccc1OC)N1CCCC1.I. The average Bonchev–Trinajstić information content (AvgIpc) is 3.36. The van der Waals surface area contributed by atoms with E-state index in [4.69, 9.17) is 9.73 Å². The molecule has 1 saturated heterocycles. The number of benzene rings is 1. The molecule has 2 N–H and O–H groups in total. The molecule has 0 aliphatic carbocycles. The van der Waals surface area contributed by atoms with Gasteiger partial charge in [-0.3, -0.25) is 9.58 Å². The first-order valence-corrected chi connectivity index (χ1v) is 10.9. The zero-order valence-corrected chi connectivity index (χ0v) is 21.8. The summed E-state index contributed by atoms with van der Waals surface area (Å²) in [6.45, 7) is 10.7. The molecule has 2 aromatic rings. The van der Waals surface area contributed by atoms with Gasteiger partial charge in [0.1, 0.15) is 5.75 Å². The van der Waals surface area contributed by atoms with E-state index in [1.54, 1.807) is 7.11 Å². The van der Waals surface area contributed by atoms with Gasteiger partial charge in [0, 0.05) is 37.0 Å². The first kappa shape index (κ1) is 25.5. The average molecular weight is 540 g/mol. The van der Waals surface area contributed by atoms with Crippen LogP contribution in [-0.4, -0.2) is 53.9 Å². The number of nitrogens with one attached hydrogen (secondary N) is 2. The Bertz CT molecular complexity index is 860. The van der Waals surface area contributed by atoms with E-state index in [1.807, 2.05) is 30.8 Å². The summed E-state index contributed by atoms with van der Waals surface area (Å²) in [5.74, 6) is 1.78. The van der Waals surface area contributed by atoms with Gasteiger partial charge in [0.15, 0.2) is 5.96 Å². The molecule has 1 aromatic heterocycles. The molecule has 1 atom stereocenters. The third kappa shape index (κ3) is 6.35. The van der Waals surface area contributed by atoms with Crippen LogP contribution in [0.4, 0.5) is 0 Å². The Hall–Kier alpha value is -1.81. The molecule has 2 heterocycles. The number of hydrogen-bond acceptors (Lipinski definition) is 4. The van der Waals surface area contributed by atoms with Crippen molar-refractivity contribution in [3.05, 3.63) is 46.8 Å². The topological polar surface area (TPSA) is 66.7 Å². The van der Waals surface area contributed by atoms with Crippen molar-refractivity contribution in [1.82, 2.24) is 25.3 Å². The van der Waals surface area contributed by atoms with Gasteiger partial charge in [0.05, 0.1) is 25.4 Å². The molecule has 3 rings (SSSR count). The van der Waals surface area contributed by atoms with Crippen molar-refractivity contribution in [2.45, 2.75) is 46.2 Å². The van der Waals surface area contributed by atoms with Gasteiger partial charge in [0.25, 0.3) is 0 Å². The zero-order valence-electron chi connectivity index (χ0n) is 19.4. The number of aromatic nitrogens is 2. The molecule has 7 nitrogen and oxygen atoms in total. The fourth-order valence-corrected chi connectivity index (χ4v) is 4.17. The molecule has 0 saturated carbocycles. The second-order valence-corrected chi connectivity index (χ2v) is 7.85. The van der Waals surface area contributed by atoms with Crippen molar-refractivity contribution in [3.63, 3.8) is 0 Å². The second-order valence-electron chi connectivity index (χ2n) is 7.85. The molecule has 1 unspecified atom stereocenters. The second kappa shape index (κ2) is 12.3. The molecular formula is C23H37IN6O. The number of aliphatic imine (C=N–C) groups is 1. The lowest BCUT2D eigenvalue weighted by molar-refractivity contribution is 0.239. The van der Waals surface area contributed by atoms with Crippen molar-refractivity contribution in [2.24, 2.45) is 12.0 Å². The van der Waals surface area contributed by atoms with Gasteiger partial charge in [-0.2, -0.15) is 5.10 Å². The maximum absolute atomic E-state index is 5.66. The smallest absolute Gasteiger partial charge is 0.191 e. The number of halogens is 1. The maximum Gasteiger partial charge on any atom is 0.191 e. The van der Waals surface area contributed by atoms with E-state index in [1.165, 1.54) is 24.0 Å². The Morgan fingerprint density at radius 2 is 1.90 bits per heavy atom. The molecule has 0 spiro atoms. The van der Waals surface area contributed by atoms with Gasteiger partial charge in [-0.25, -0.2) is 4.99 Å². The van der Waals surface area contributed by atoms with Gasteiger partial charge in [0.2, 0.25) is 0 Å². The molecule has 31 heavy (non-hydrogen) atoms. The Labute approximate surface area is 203 Å². The van der Waals surface area contributed by atoms with Crippen LogP contribution < -0.4 is 15.4 Å². The van der Waals surface area contributed by atoms with Gasteiger partial charge < -0.3 is 15.4 Å². The van der Waals surface area contributed by atoms with Gasteiger partial charge in [-0.05, 0) is 52.8 Å². The van der Waals surface area contributed by atoms with Crippen LogP contribution in [0.2, 0.25) is 0 Å². The Morgan fingerprint density at radius 3 is 2.52 bits per heavy atom. The van der Waals surface area contributed by atoms with Crippen molar-refractivity contribution in [3.8, 4) is 5.75 Å². The molecular weight excluding hydrogens is 503 g/mol. The summed E-state index contributed by atoms with van der Waals surface area (Å²) in [4.78, 5) is 7.39. The van der Waals surface area contributed by atoms with Crippen molar-refractivity contribution in [2.75, 3.05) is 33.3 Å². The number of ether oxygens (including phenoxy) is 1. The maximum atomic E-state index is 5.66. The summed E-state index contributed by atoms with van der Waals surface area (Å²) in [6, 6.07) is 8.59. The number of methoxy groups -OCH3 is 1. The van der Waals surface area contributed by atoms with Crippen molar-refractivity contribution >= 4 is 29.9 Å². The fraction of sp³-hybridized carbons (Fsp3) is 0.565. The van der Waals surface area contributed by atoms with E-state index in [-0.39, 0.29) is 30.0 Å². The number of rotatable bonds is 8. The largest absolute Gasteiger partial charge is 0.496 e. The zero-order chi connectivity index (χ0) is 21.5. The quantitative estimate of drug-likeness (QED) is 0.305. The minimum Gasteiger partial charge on any atom is -0.496 e. The molecule has 8 heteroatoms. The van der Waals surface area contributed by atoms with Gasteiger partial charge in [-0.15, -0.1) is 24.0 Å². The Balaban J connectivity index is 0.00000341. The van der Waals surface area contributed by atoms with E-state index in [0.29, 0.717) is 6.54 Å². The summed E-state index contributed by atoms with van der Waals surface area (Å²) in [5, 5.41) is 11.5. The fourth-order valence-electron chi connectivity index (χ4n) is 4.17. The summed E-state index contributed by atoms with van der Waals surface area (Å²) in [7, 11) is 3.73. The Morgan fingerprint density at radius 1 is 1.19 bits per heavy atom. The minimum atomic E-state index is 0. The first-order chi connectivity index (χ1) is 14.5. The first-order valence-electron chi connectivity index (χ1n) is 10.9. The number of aryl methyl sites for hydroxylation is 2.